The molecule has 0 saturated heterocycles. The monoisotopic (exact) mass is 237 g/mol. The van der Waals surface area contributed by atoms with Gasteiger partial charge in [0.15, 0.2) is 0 Å². The van der Waals surface area contributed by atoms with Gasteiger partial charge in [-0.15, -0.1) is 0 Å². The van der Waals surface area contributed by atoms with Crippen molar-refractivity contribution in [1.29, 1.82) is 0 Å². The largest absolute Gasteiger partial charge is 0.390 e. The summed E-state index contributed by atoms with van der Waals surface area (Å²) in [5.41, 5.74) is 0.714. The van der Waals surface area contributed by atoms with Gasteiger partial charge in [0.05, 0.1) is 6.10 Å². The molecule has 94 valence electrons. The van der Waals surface area contributed by atoms with Crippen molar-refractivity contribution in [2.75, 3.05) is 11.9 Å². The lowest BCUT2D eigenvalue weighted by Gasteiger charge is -2.22. The van der Waals surface area contributed by atoms with Crippen molar-refractivity contribution < 1.29 is 9.90 Å². The Kier molecular flexibility index (Phi) is 5.45. The molecule has 0 radical (unpaired) electrons. The molecule has 5 heteroatoms. The van der Waals surface area contributed by atoms with Crippen molar-refractivity contribution in [2.45, 2.75) is 26.1 Å². The van der Waals surface area contributed by atoms with Crippen LogP contribution in [0.2, 0.25) is 0 Å². The van der Waals surface area contributed by atoms with Crippen molar-refractivity contribution >= 4 is 11.7 Å². The lowest BCUT2D eigenvalue weighted by molar-refractivity contribution is 0.132. The molecule has 2 amide bonds. The molecule has 0 fully saturated rings. The van der Waals surface area contributed by atoms with Crippen LogP contribution in [-0.4, -0.2) is 30.0 Å². The Morgan fingerprint density at radius 1 is 1.35 bits per heavy atom. The van der Waals surface area contributed by atoms with E-state index >= 15 is 0 Å². The molecule has 0 aromatic heterocycles. The number of aliphatic hydroxyl groups is 1. The van der Waals surface area contributed by atoms with E-state index in [0.29, 0.717) is 12.2 Å². The van der Waals surface area contributed by atoms with Gasteiger partial charge in [-0.2, -0.15) is 0 Å². The molecule has 5 nitrogen and oxygen atoms in total. The second-order valence-corrected chi connectivity index (χ2v) is 3.74. The number of hydrogen-bond acceptors (Lipinski definition) is 3. The third kappa shape index (κ3) is 4.84. The lowest BCUT2D eigenvalue weighted by Crippen LogP contribution is -2.52. The summed E-state index contributed by atoms with van der Waals surface area (Å²) in [5, 5.41) is 17.8. The Bertz CT molecular complexity index is 341. The normalized spacial score (nSPS) is 13.8. The first-order valence-corrected chi connectivity index (χ1v) is 5.67. The Morgan fingerprint density at radius 2 is 2.00 bits per heavy atom. The first-order valence-electron chi connectivity index (χ1n) is 5.67. The van der Waals surface area contributed by atoms with E-state index in [2.05, 4.69) is 16.0 Å². The van der Waals surface area contributed by atoms with Crippen LogP contribution in [0.3, 0.4) is 0 Å². The van der Waals surface area contributed by atoms with Crippen molar-refractivity contribution in [3.05, 3.63) is 30.3 Å². The molecule has 0 bridgehead atoms. The molecule has 0 aliphatic carbocycles. The quantitative estimate of drug-likeness (QED) is 0.580. The van der Waals surface area contributed by atoms with Crippen LogP contribution >= 0.6 is 0 Å². The highest BCUT2D eigenvalue weighted by Gasteiger charge is 2.15. The second kappa shape index (κ2) is 6.88. The summed E-state index contributed by atoms with van der Waals surface area (Å²) in [6, 6.07) is 8.80. The fourth-order valence-electron chi connectivity index (χ4n) is 1.39. The zero-order valence-corrected chi connectivity index (χ0v) is 10.1. The van der Waals surface area contributed by atoms with Crippen molar-refractivity contribution in [3.8, 4) is 0 Å². The van der Waals surface area contributed by atoms with E-state index < -0.39 is 12.3 Å². The zero-order valence-electron chi connectivity index (χ0n) is 10.1. The Hall–Kier alpha value is -1.59. The van der Waals surface area contributed by atoms with Gasteiger partial charge in [-0.3, -0.25) is 5.32 Å². The van der Waals surface area contributed by atoms with Gasteiger partial charge >= 0.3 is 6.03 Å². The van der Waals surface area contributed by atoms with Crippen molar-refractivity contribution in [2.24, 2.45) is 0 Å². The van der Waals surface area contributed by atoms with Gasteiger partial charge in [0.25, 0.3) is 0 Å². The van der Waals surface area contributed by atoms with E-state index in [-0.39, 0.29) is 6.03 Å². The van der Waals surface area contributed by atoms with E-state index in [1.807, 2.05) is 25.1 Å². The van der Waals surface area contributed by atoms with Crippen LogP contribution in [0.1, 0.15) is 13.8 Å². The zero-order chi connectivity index (χ0) is 12.7. The first kappa shape index (κ1) is 13.5. The van der Waals surface area contributed by atoms with Gasteiger partial charge in [0.2, 0.25) is 0 Å². The maximum absolute atomic E-state index is 11.6. The number of anilines is 1. The second-order valence-electron chi connectivity index (χ2n) is 3.74. The van der Waals surface area contributed by atoms with E-state index in [0.717, 1.165) is 0 Å². The molecule has 17 heavy (non-hydrogen) atoms. The highest BCUT2D eigenvalue weighted by molar-refractivity contribution is 5.89. The molecular formula is C12H19N3O2. The number of benzene rings is 1. The molecular weight excluding hydrogens is 218 g/mol. The fourth-order valence-corrected chi connectivity index (χ4v) is 1.39. The maximum Gasteiger partial charge on any atom is 0.320 e. The Balaban J connectivity index is 2.48. The molecule has 0 spiro atoms. The Morgan fingerprint density at radius 3 is 2.53 bits per heavy atom. The summed E-state index contributed by atoms with van der Waals surface area (Å²) in [6.45, 7) is 4.20. The highest BCUT2D eigenvalue weighted by atomic mass is 16.3. The average molecular weight is 237 g/mol. The lowest BCUT2D eigenvalue weighted by atomic mass is 10.3. The summed E-state index contributed by atoms with van der Waals surface area (Å²) in [6.07, 6.45) is -1.11. The van der Waals surface area contributed by atoms with Gasteiger partial charge in [-0.25, -0.2) is 4.79 Å². The molecule has 0 aliphatic rings. The van der Waals surface area contributed by atoms with E-state index in [4.69, 9.17) is 0 Å². The third-order valence-corrected chi connectivity index (χ3v) is 2.22. The molecule has 2 atom stereocenters. The summed E-state index contributed by atoms with van der Waals surface area (Å²) >= 11 is 0. The highest BCUT2D eigenvalue weighted by Crippen LogP contribution is 2.04. The topological polar surface area (TPSA) is 73.4 Å². The van der Waals surface area contributed by atoms with E-state index in [9.17, 15) is 9.90 Å². The summed E-state index contributed by atoms with van der Waals surface area (Å²) in [7, 11) is 0. The van der Waals surface area contributed by atoms with Crippen molar-refractivity contribution in [3.63, 3.8) is 0 Å². The number of likely N-dealkylation sites (N-methyl/N-ethyl adjacent to an activating group) is 1. The number of urea groups is 1. The summed E-state index contributed by atoms with van der Waals surface area (Å²) in [4.78, 5) is 11.6. The minimum atomic E-state index is -0.656. The summed E-state index contributed by atoms with van der Waals surface area (Å²) < 4.78 is 0. The maximum atomic E-state index is 11.6. The van der Waals surface area contributed by atoms with E-state index in [1.54, 1.807) is 19.1 Å². The van der Waals surface area contributed by atoms with Gasteiger partial charge in [0, 0.05) is 5.69 Å². The average Bonchev–Trinajstić information content (AvgIpc) is 2.29. The summed E-state index contributed by atoms with van der Waals surface area (Å²) in [5.74, 6) is 0. The predicted molar refractivity (Wildman–Crippen MR) is 67.7 cm³/mol. The minimum Gasteiger partial charge on any atom is -0.390 e. The molecule has 0 saturated carbocycles. The molecule has 2 unspecified atom stereocenters. The number of carbonyl (C=O) groups excluding carboxylic acids is 1. The van der Waals surface area contributed by atoms with Gasteiger partial charge < -0.3 is 15.7 Å². The van der Waals surface area contributed by atoms with Crippen LogP contribution in [0.15, 0.2) is 30.3 Å². The molecule has 1 rings (SSSR count). The Labute approximate surface area is 101 Å². The van der Waals surface area contributed by atoms with Gasteiger partial charge in [0.1, 0.15) is 6.17 Å². The van der Waals surface area contributed by atoms with Crippen LogP contribution in [-0.2, 0) is 0 Å². The third-order valence-electron chi connectivity index (χ3n) is 2.22. The number of amides is 2. The number of rotatable bonds is 5. The number of para-hydroxylation sites is 1. The van der Waals surface area contributed by atoms with Crippen LogP contribution in [0.5, 0.6) is 0 Å². The molecule has 1 aromatic carbocycles. The van der Waals surface area contributed by atoms with E-state index in [1.165, 1.54) is 0 Å². The van der Waals surface area contributed by atoms with Crippen LogP contribution in [0, 0.1) is 0 Å². The molecule has 1 aromatic rings. The van der Waals surface area contributed by atoms with Crippen LogP contribution in [0.25, 0.3) is 0 Å². The van der Waals surface area contributed by atoms with Crippen LogP contribution in [0.4, 0.5) is 10.5 Å². The number of hydrogen-bond donors (Lipinski definition) is 4. The first-order chi connectivity index (χ1) is 8.13. The number of carbonyl (C=O) groups is 1. The molecule has 0 heterocycles. The number of nitrogens with one attached hydrogen (secondary N) is 3. The minimum absolute atomic E-state index is 0.344. The van der Waals surface area contributed by atoms with Gasteiger partial charge in [-0.1, -0.05) is 25.1 Å². The van der Waals surface area contributed by atoms with Crippen molar-refractivity contribution in [1.82, 2.24) is 10.6 Å². The van der Waals surface area contributed by atoms with Crippen LogP contribution < -0.4 is 16.0 Å². The number of aliphatic hydroxyl groups excluding tert-OH is 1. The standard InChI is InChI=1S/C12H19N3O2/c1-3-13-11(9(2)16)15-12(17)14-10-7-5-4-6-8-10/h4-9,11,13,16H,3H2,1-2H3,(H2,14,15,17). The SMILES string of the molecule is CCNC(NC(=O)Nc1ccccc1)C(C)O. The van der Waals surface area contributed by atoms with Gasteiger partial charge in [-0.05, 0) is 25.6 Å². The molecule has 4 N–H and O–H groups in total. The molecule has 0 aliphatic heterocycles. The fraction of sp³-hybridized carbons (Fsp3) is 0.417. The smallest absolute Gasteiger partial charge is 0.320 e. The predicted octanol–water partition coefficient (Wildman–Crippen LogP) is 1.12.